The first-order chi connectivity index (χ1) is 15.1. The van der Waals surface area contributed by atoms with Gasteiger partial charge in [-0.25, -0.2) is 9.67 Å². The van der Waals surface area contributed by atoms with E-state index >= 15 is 0 Å². The van der Waals surface area contributed by atoms with Crippen molar-refractivity contribution in [1.82, 2.24) is 29.9 Å². The quantitative estimate of drug-likeness (QED) is 0.669. The average molecular weight is 417 g/mol. The van der Waals surface area contributed by atoms with Crippen LogP contribution < -0.4 is 5.32 Å². The van der Waals surface area contributed by atoms with Gasteiger partial charge in [0, 0.05) is 12.4 Å². The molecule has 0 radical (unpaired) electrons. The Morgan fingerprint density at radius 2 is 1.90 bits per heavy atom. The molecule has 4 fully saturated rings. The average Bonchev–Trinajstić information content (AvgIpc) is 3.48. The summed E-state index contributed by atoms with van der Waals surface area (Å²) in [6.07, 6.45) is 13.6. The molecule has 0 spiro atoms. The minimum Gasteiger partial charge on any atom is -0.347 e. The molecule has 4 saturated carbocycles. The van der Waals surface area contributed by atoms with E-state index in [0.29, 0.717) is 18.4 Å². The maximum Gasteiger partial charge on any atom is 0.226 e. The van der Waals surface area contributed by atoms with Gasteiger partial charge < -0.3 is 5.32 Å². The SMILES string of the molecule is O=C(N[C@@H](Cn1cccn1)c1ccccc1)C12C[C@H]3C[C@@H](C1)CC(n1cncn1)(C3)C2. The molecular formula is C24H28N6O. The highest BCUT2D eigenvalue weighted by Crippen LogP contribution is 2.64. The Hall–Kier alpha value is -2.96. The van der Waals surface area contributed by atoms with E-state index in [0.717, 1.165) is 37.7 Å². The van der Waals surface area contributed by atoms with Gasteiger partial charge in [-0.1, -0.05) is 30.3 Å². The Labute approximate surface area is 181 Å². The first-order valence-electron chi connectivity index (χ1n) is 11.3. The van der Waals surface area contributed by atoms with Crippen LogP contribution in [-0.4, -0.2) is 30.5 Å². The highest BCUT2D eigenvalue weighted by molar-refractivity contribution is 5.83. The lowest BCUT2D eigenvalue weighted by atomic mass is 9.46. The third-order valence-electron chi connectivity index (χ3n) is 7.85. The molecule has 2 aromatic heterocycles. The first kappa shape index (κ1) is 18.8. The largest absolute Gasteiger partial charge is 0.347 e. The number of rotatable bonds is 6. The summed E-state index contributed by atoms with van der Waals surface area (Å²) in [5, 5.41) is 12.3. The van der Waals surface area contributed by atoms with Crippen molar-refractivity contribution in [1.29, 1.82) is 0 Å². The summed E-state index contributed by atoms with van der Waals surface area (Å²) >= 11 is 0. The Bertz CT molecular complexity index is 1030. The Morgan fingerprint density at radius 1 is 1.10 bits per heavy atom. The number of benzene rings is 1. The summed E-state index contributed by atoms with van der Waals surface area (Å²) in [6, 6.07) is 12.1. The standard InChI is InChI=1S/C24H28N6O/c31-22(28-21(14-29-8-4-7-26-29)20-5-2-1-3-6-20)23-10-18-9-19(11-23)13-24(12-18,15-23)30-17-25-16-27-30/h1-8,16-19,21H,9-15H2,(H,28,31)/t18-,19+,21-,23?,24?/m0/s1. The van der Waals surface area contributed by atoms with E-state index in [1.54, 1.807) is 12.5 Å². The van der Waals surface area contributed by atoms with Crippen LogP contribution in [0.1, 0.15) is 50.1 Å². The summed E-state index contributed by atoms with van der Waals surface area (Å²) in [7, 11) is 0. The summed E-state index contributed by atoms with van der Waals surface area (Å²) in [5.74, 6) is 1.39. The van der Waals surface area contributed by atoms with Gasteiger partial charge in [-0.3, -0.25) is 9.48 Å². The Balaban J connectivity index is 1.30. The van der Waals surface area contributed by atoms with Crippen molar-refractivity contribution in [2.24, 2.45) is 17.3 Å². The van der Waals surface area contributed by atoms with E-state index in [4.69, 9.17) is 0 Å². The summed E-state index contributed by atoms with van der Waals surface area (Å²) < 4.78 is 3.96. The Kier molecular flexibility index (Phi) is 4.26. The van der Waals surface area contributed by atoms with E-state index in [1.807, 2.05) is 41.5 Å². The maximum absolute atomic E-state index is 13.9. The summed E-state index contributed by atoms with van der Waals surface area (Å²) in [5.41, 5.74) is 0.747. The number of hydrogen-bond donors (Lipinski definition) is 1. The van der Waals surface area contributed by atoms with Crippen LogP contribution in [0.2, 0.25) is 0 Å². The maximum atomic E-state index is 13.9. The molecule has 1 N–H and O–H groups in total. The number of carbonyl (C=O) groups is 1. The lowest BCUT2D eigenvalue weighted by Gasteiger charge is -2.61. The Morgan fingerprint density at radius 3 is 2.58 bits per heavy atom. The van der Waals surface area contributed by atoms with Crippen LogP contribution in [0.5, 0.6) is 0 Å². The molecule has 2 heterocycles. The molecule has 7 nitrogen and oxygen atoms in total. The van der Waals surface area contributed by atoms with Crippen molar-refractivity contribution in [3.63, 3.8) is 0 Å². The van der Waals surface area contributed by atoms with Crippen LogP contribution in [0.4, 0.5) is 0 Å². The molecule has 5 atom stereocenters. The van der Waals surface area contributed by atoms with Crippen LogP contribution in [0.3, 0.4) is 0 Å². The van der Waals surface area contributed by atoms with Gasteiger partial charge in [-0.05, 0) is 62.0 Å². The van der Waals surface area contributed by atoms with Gasteiger partial charge in [0.15, 0.2) is 0 Å². The van der Waals surface area contributed by atoms with Gasteiger partial charge in [0.25, 0.3) is 0 Å². The lowest BCUT2D eigenvalue weighted by Crippen LogP contribution is -2.61. The molecule has 1 amide bonds. The molecule has 3 aromatic rings. The fourth-order valence-corrected chi connectivity index (χ4v) is 7.03. The lowest BCUT2D eigenvalue weighted by molar-refractivity contribution is -0.157. The zero-order valence-corrected chi connectivity index (χ0v) is 17.6. The smallest absolute Gasteiger partial charge is 0.226 e. The van der Waals surface area contributed by atoms with E-state index in [1.165, 1.54) is 6.42 Å². The molecule has 4 aliphatic rings. The van der Waals surface area contributed by atoms with Crippen LogP contribution >= 0.6 is 0 Å². The topological polar surface area (TPSA) is 77.6 Å². The van der Waals surface area contributed by atoms with Crippen molar-refractivity contribution in [3.05, 3.63) is 67.0 Å². The number of aromatic nitrogens is 5. The van der Waals surface area contributed by atoms with Gasteiger partial charge in [-0.2, -0.15) is 10.2 Å². The third-order valence-corrected chi connectivity index (χ3v) is 7.85. The van der Waals surface area contributed by atoms with Gasteiger partial charge in [0.1, 0.15) is 12.7 Å². The molecule has 4 aliphatic carbocycles. The summed E-state index contributed by atoms with van der Waals surface area (Å²) in [4.78, 5) is 18.2. The number of nitrogens with zero attached hydrogens (tertiary/aromatic N) is 5. The van der Waals surface area contributed by atoms with Crippen molar-refractivity contribution in [3.8, 4) is 0 Å². The summed E-state index contributed by atoms with van der Waals surface area (Å²) in [6.45, 7) is 0.625. The van der Waals surface area contributed by atoms with Crippen molar-refractivity contribution < 1.29 is 4.79 Å². The molecule has 1 aromatic carbocycles. The first-order valence-corrected chi connectivity index (χ1v) is 11.3. The fourth-order valence-electron chi connectivity index (χ4n) is 7.03. The molecule has 0 saturated heterocycles. The second kappa shape index (κ2) is 7.04. The van der Waals surface area contributed by atoms with Crippen molar-refractivity contribution in [2.75, 3.05) is 0 Å². The third kappa shape index (κ3) is 3.18. The predicted octanol–water partition coefficient (Wildman–Crippen LogP) is 3.33. The van der Waals surface area contributed by atoms with Gasteiger partial charge in [0.05, 0.1) is 23.5 Å². The predicted molar refractivity (Wildman–Crippen MR) is 115 cm³/mol. The minimum atomic E-state index is -0.312. The van der Waals surface area contributed by atoms with Gasteiger partial charge in [-0.15, -0.1) is 0 Å². The molecule has 31 heavy (non-hydrogen) atoms. The van der Waals surface area contributed by atoms with Crippen molar-refractivity contribution >= 4 is 5.91 Å². The highest BCUT2D eigenvalue weighted by atomic mass is 16.2. The zero-order chi connectivity index (χ0) is 20.9. The zero-order valence-electron chi connectivity index (χ0n) is 17.6. The van der Waals surface area contributed by atoms with Crippen LogP contribution in [0.25, 0.3) is 0 Å². The van der Waals surface area contributed by atoms with E-state index in [9.17, 15) is 4.79 Å². The fraction of sp³-hybridized carbons (Fsp3) is 0.500. The second-order valence-corrected chi connectivity index (χ2v) is 9.97. The van der Waals surface area contributed by atoms with E-state index < -0.39 is 0 Å². The number of nitrogens with one attached hydrogen (secondary N) is 1. The van der Waals surface area contributed by atoms with Crippen LogP contribution in [0, 0.1) is 17.3 Å². The van der Waals surface area contributed by atoms with Gasteiger partial charge >= 0.3 is 0 Å². The highest BCUT2D eigenvalue weighted by Gasteiger charge is 2.61. The monoisotopic (exact) mass is 416 g/mol. The molecule has 2 unspecified atom stereocenters. The van der Waals surface area contributed by atoms with E-state index in [2.05, 4.69) is 37.3 Å². The molecule has 7 heteroatoms. The van der Waals surface area contributed by atoms with Crippen molar-refractivity contribution in [2.45, 2.75) is 56.7 Å². The minimum absolute atomic E-state index is 0.0534. The van der Waals surface area contributed by atoms with E-state index in [-0.39, 0.29) is 22.9 Å². The van der Waals surface area contributed by atoms with Gasteiger partial charge in [0.2, 0.25) is 5.91 Å². The second-order valence-electron chi connectivity index (χ2n) is 9.97. The van der Waals surface area contributed by atoms with Crippen LogP contribution in [-0.2, 0) is 16.9 Å². The van der Waals surface area contributed by atoms with Crippen LogP contribution in [0.15, 0.2) is 61.4 Å². The molecule has 160 valence electrons. The number of hydrogen-bond acceptors (Lipinski definition) is 4. The number of amides is 1. The molecule has 4 bridgehead atoms. The molecular weight excluding hydrogens is 388 g/mol. The normalized spacial score (nSPS) is 32.1. The number of carbonyl (C=O) groups excluding carboxylic acids is 1. The molecule has 0 aliphatic heterocycles. The molecule has 7 rings (SSSR count).